The maximum absolute atomic E-state index is 13.6. The second kappa shape index (κ2) is 7.54. The minimum atomic E-state index is -3.42. The molecule has 1 N–H and O–H groups in total. The van der Waals surface area contributed by atoms with Crippen LogP contribution in [0.2, 0.25) is 0 Å². The van der Waals surface area contributed by atoms with Crippen molar-refractivity contribution in [1.82, 2.24) is 9.62 Å². The van der Waals surface area contributed by atoms with Crippen LogP contribution in [-0.4, -0.2) is 57.7 Å². The van der Waals surface area contributed by atoms with Crippen molar-refractivity contribution in [3.8, 4) is 0 Å². The van der Waals surface area contributed by atoms with Crippen molar-refractivity contribution < 1.29 is 26.7 Å². The van der Waals surface area contributed by atoms with Gasteiger partial charge in [0.2, 0.25) is 15.9 Å². The Balaban J connectivity index is 1.97. The number of rotatable bonds is 6. The third-order valence-electron chi connectivity index (χ3n) is 3.89. The first kappa shape index (κ1) is 18.8. The van der Waals surface area contributed by atoms with Crippen LogP contribution in [0.1, 0.15) is 5.56 Å². The lowest BCUT2D eigenvalue weighted by atomic mass is 10.1. The van der Waals surface area contributed by atoms with Crippen LogP contribution < -0.4 is 5.32 Å². The topological polar surface area (TPSA) is 75.7 Å². The molecule has 0 saturated carbocycles. The van der Waals surface area contributed by atoms with Crippen molar-refractivity contribution in [1.29, 1.82) is 0 Å². The summed E-state index contributed by atoms with van der Waals surface area (Å²) < 4.78 is 56.8. The molecule has 0 aromatic heterocycles. The van der Waals surface area contributed by atoms with E-state index in [0.29, 0.717) is 6.07 Å². The van der Waals surface area contributed by atoms with Crippen molar-refractivity contribution in [2.45, 2.75) is 12.5 Å². The second-order valence-electron chi connectivity index (χ2n) is 5.94. The van der Waals surface area contributed by atoms with Crippen LogP contribution in [0.3, 0.4) is 0 Å². The molecule has 134 valence electrons. The number of carbonyl (C=O) groups excluding carboxylic acids is 1. The zero-order valence-electron chi connectivity index (χ0n) is 13.5. The fourth-order valence-corrected chi connectivity index (χ4v) is 3.61. The minimum Gasteiger partial charge on any atom is -0.379 e. The number of halogens is 2. The maximum atomic E-state index is 13.6. The van der Waals surface area contributed by atoms with Gasteiger partial charge in [0.15, 0.2) is 0 Å². The van der Waals surface area contributed by atoms with E-state index in [1.807, 2.05) is 0 Å². The molecule has 6 nitrogen and oxygen atoms in total. The number of ether oxygens (including phenoxy) is 1. The molecule has 1 aromatic carbocycles. The number of amides is 1. The lowest BCUT2D eigenvalue weighted by molar-refractivity contribution is -0.121. The van der Waals surface area contributed by atoms with E-state index in [9.17, 15) is 22.0 Å². The summed E-state index contributed by atoms with van der Waals surface area (Å²) in [5, 5.41) is 2.67. The predicted molar refractivity (Wildman–Crippen MR) is 83.8 cm³/mol. The van der Waals surface area contributed by atoms with Gasteiger partial charge in [0.25, 0.3) is 0 Å². The van der Waals surface area contributed by atoms with Gasteiger partial charge in [-0.3, -0.25) is 4.79 Å². The number of benzene rings is 1. The van der Waals surface area contributed by atoms with Crippen molar-refractivity contribution >= 4 is 15.9 Å². The maximum Gasteiger partial charge on any atom is 0.224 e. The molecule has 1 aliphatic rings. The Labute approximate surface area is 139 Å². The van der Waals surface area contributed by atoms with Crippen LogP contribution in [0.25, 0.3) is 0 Å². The summed E-state index contributed by atoms with van der Waals surface area (Å²) in [7, 11) is -0.539. The third-order valence-corrected chi connectivity index (χ3v) is 5.85. The van der Waals surface area contributed by atoms with Crippen LogP contribution in [0, 0.1) is 17.6 Å². The number of hydrogen-bond donors (Lipinski definition) is 1. The van der Waals surface area contributed by atoms with E-state index in [2.05, 4.69) is 5.32 Å². The molecule has 1 amide bonds. The third kappa shape index (κ3) is 4.71. The Morgan fingerprint density at radius 3 is 2.67 bits per heavy atom. The van der Waals surface area contributed by atoms with Crippen molar-refractivity contribution in [2.75, 3.05) is 33.1 Å². The van der Waals surface area contributed by atoms with Gasteiger partial charge >= 0.3 is 0 Å². The first-order valence-corrected chi connectivity index (χ1v) is 9.01. The highest BCUT2D eigenvalue weighted by Crippen LogP contribution is 2.18. The molecule has 0 bridgehead atoms. The van der Waals surface area contributed by atoms with Crippen LogP contribution in [0.5, 0.6) is 0 Å². The Morgan fingerprint density at radius 2 is 2.04 bits per heavy atom. The predicted octanol–water partition coefficient (Wildman–Crippen LogP) is 0.530. The number of nitrogens with zero attached hydrogens (tertiary/aromatic N) is 1. The van der Waals surface area contributed by atoms with E-state index >= 15 is 0 Å². The normalized spacial score (nSPS) is 21.2. The van der Waals surface area contributed by atoms with Crippen molar-refractivity contribution in [2.24, 2.45) is 5.92 Å². The Bertz CT molecular complexity index is 709. The van der Waals surface area contributed by atoms with Gasteiger partial charge in [0.05, 0.1) is 31.4 Å². The van der Waals surface area contributed by atoms with Crippen molar-refractivity contribution in [3.05, 3.63) is 35.4 Å². The molecule has 0 radical (unpaired) electrons. The lowest BCUT2D eigenvalue weighted by Crippen LogP contribution is -2.44. The molecule has 1 aromatic rings. The van der Waals surface area contributed by atoms with Gasteiger partial charge in [-0.25, -0.2) is 21.5 Å². The Morgan fingerprint density at radius 1 is 1.33 bits per heavy atom. The summed E-state index contributed by atoms with van der Waals surface area (Å²) in [6, 6.07) is 2.55. The highest BCUT2D eigenvalue weighted by molar-refractivity contribution is 7.89. The fraction of sp³-hybridized carbons (Fsp3) is 0.533. The molecule has 1 fully saturated rings. The molecule has 1 saturated heterocycles. The van der Waals surface area contributed by atoms with Gasteiger partial charge in [0.1, 0.15) is 11.6 Å². The number of sulfonamides is 1. The smallest absolute Gasteiger partial charge is 0.224 e. The summed E-state index contributed by atoms with van der Waals surface area (Å²) in [6.45, 7) is 0.425. The van der Waals surface area contributed by atoms with Gasteiger partial charge in [-0.15, -0.1) is 0 Å². The molecule has 1 aliphatic heterocycles. The van der Waals surface area contributed by atoms with E-state index < -0.39 is 33.6 Å². The summed E-state index contributed by atoms with van der Waals surface area (Å²) in [5.41, 5.74) is 0.0743. The van der Waals surface area contributed by atoms with Crippen LogP contribution in [-0.2, 0) is 26.0 Å². The van der Waals surface area contributed by atoms with Crippen LogP contribution in [0.15, 0.2) is 18.2 Å². The summed E-state index contributed by atoms with van der Waals surface area (Å²) in [4.78, 5) is 12.1. The average molecular weight is 362 g/mol. The summed E-state index contributed by atoms with van der Waals surface area (Å²) >= 11 is 0. The van der Waals surface area contributed by atoms with Gasteiger partial charge in [-0.1, -0.05) is 6.07 Å². The Kier molecular flexibility index (Phi) is 5.89. The molecule has 0 aliphatic carbocycles. The number of carbonyl (C=O) groups is 1. The van der Waals surface area contributed by atoms with Gasteiger partial charge in [-0.05, 0) is 11.6 Å². The monoisotopic (exact) mass is 362 g/mol. The summed E-state index contributed by atoms with van der Waals surface area (Å²) in [5.74, 6) is -2.49. The molecule has 24 heavy (non-hydrogen) atoms. The number of nitrogens with one attached hydrogen (secondary N) is 1. The lowest BCUT2D eigenvalue weighted by Gasteiger charge is -2.21. The molecule has 0 spiro atoms. The molecule has 9 heteroatoms. The fourth-order valence-electron chi connectivity index (χ4n) is 2.44. The Hall–Kier alpha value is -1.58. The SMILES string of the molecule is CN(C)S(=O)(=O)C[C@@H]1COC[C@@H]1NC(=O)Cc1ccc(F)cc1F. The van der Waals surface area contributed by atoms with Crippen LogP contribution in [0.4, 0.5) is 8.78 Å². The highest BCUT2D eigenvalue weighted by Gasteiger charge is 2.34. The van der Waals surface area contributed by atoms with E-state index in [-0.39, 0.29) is 36.9 Å². The van der Waals surface area contributed by atoms with Gasteiger partial charge < -0.3 is 10.1 Å². The highest BCUT2D eigenvalue weighted by atomic mass is 32.2. The quantitative estimate of drug-likeness (QED) is 0.801. The molecule has 1 heterocycles. The zero-order valence-corrected chi connectivity index (χ0v) is 14.3. The zero-order chi connectivity index (χ0) is 17.9. The van der Waals surface area contributed by atoms with E-state index in [1.165, 1.54) is 20.2 Å². The molecule has 2 atom stereocenters. The second-order valence-corrected chi connectivity index (χ2v) is 8.17. The van der Waals surface area contributed by atoms with Crippen molar-refractivity contribution in [3.63, 3.8) is 0 Å². The minimum absolute atomic E-state index is 0.0743. The van der Waals surface area contributed by atoms with Crippen LogP contribution >= 0.6 is 0 Å². The molecular formula is C15H20F2N2O4S. The first-order chi connectivity index (χ1) is 11.2. The average Bonchev–Trinajstić information content (AvgIpc) is 2.88. The van der Waals surface area contributed by atoms with Gasteiger partial charge in [0, 0.05) is 26.1 Å². The van der Waals surface area contributed by atoms with E-state index in [1.54, 1.807) is 0 Å². The largest absolute Gasteiger partial charge is 0.379 e. The van der Waals surface area contributed by atoms with Gasteiger partial charge in [-0.2, -0.15) is 0 Å². The molecule has 0 unspecified atom stereocenters. The first-order valence-electron chi connectivity index (χ1n) is 7.40. The molecule has 2 rings (SSSR count). The standard InChI is InChI=1S/C15H20F2N2O4S/c1-19(2)24(21,22)9-11-7-23-8-14(11)18-15(20)5-10-3-4-12(16)6-13(10)17/h3-4,6,11,14H,5,7-9H2,1-2H3,(H,18,20)/t11-,14-/m0/s1. The summed E-state index contributed by atoms with van der Waals surface area (Å²) in [6.07, 6.45) is -0.254. The van der Waals surface area contributed by atoms with E-state index in [0.717, 1.165) is 10.4 Å². The van der Waals surface area contributed by atoms with E-state index in [4.69, 9.17) is 4.74 Å². The number of hydrogen-bond acceptors (Lipinski definition) is 4. The molecular weight excluding hydrogens is 342 g/mol.